The lowest BCUT2D eigenvalue weighted by molar-refractivity contribution is -0.917. The second-order valence-electron chi connectivity index (χ2n) is 5.39. The molecule has 2 amide bonds. The van der Waals surface area contributed by atoms with Gasteiger partial charge >= 0.3 is 0 Å². The van der Waals surface area contributed by atoms with Gasteiger partial charge in [-0.1, -0.05) is 17.7 Å². The highest BCUT2D eigenvalue weighted by molar-refractivity contribution is 6.30. The maximum atomic E-state index is 12.3. The smallest absolute Gasteiger partial charge is 0.282 e. The van der Waals surface area contributed by atoms with Crippen LogP contribution in [0.3, 0.4) is 0 Å². The minimum absolute atomic E-state index is 0.0245. The third-order valence-electron chi connectivity index (χ3n) is 3.95. The number of carbonyl (C=O) groups excluding carboxylic acids is 2. The predicted octanol–water partition coefficient (Wildman–Crippen LogP) is 0.414. The normalized spacial score (nSPS) is 17.4. The fraction of sp³-hybridized carbons (Fsp3) is 0.467. The molecular formula is C15H21ClN3O2+. The highest BCUT2D eigenvalue weighted by atomic mass is 35.5. The third kappa shape index (κ3) is 4.19. The summed E-state index contributed by atoms with van der Waals surface area (Å²) in [5.74, 6) is 0.0774. The van der Waals surface area contributed by atoms with Crippen molar-refractivity contribution in [2.24, 2.45) is 0 Å². The Morgan fingerprint density at radius 1 is 1.33 bits per heavy atom. The monoisotopic (exact) mass is 310 g/mol. The van der Waals surface area contributed by atoms with E-state index in [9.17, 15) is 9.59 Å². The van der Waals surface area contributed by atoms with Gasteiger partial charge in [0.2, 0.25) is 5.91 Å². The van der Waals surface area contributed by atoms with Crippen molar-refractivity contribution in [3.8, 4) is 0 Å². The molecule has 0 saturated carbocycles. The molecule has 0 spiro atoms. The average Bonchev–Trinajstić information content (AvgIpc) is 2.46. The van der Waals surface area contributed by atoms with Gasteiger partial charge in [-0.05, 0) is 25.1 Å². The van der Waals surface area contributed by atoms with Crippen LogP contribution in [0.25, 0.3) is 0 Å². The molecule has 1 aliphatic heterocycles. The van der Waals surface area contributed by atoms with Crippen molar-refractivity contribution in [2.75, 3.05) is 31.5 Å². The largest absolute Gasteiger partial charge is 0.332 e. The number of benzene rings is 1. The molecule has 0 aromatic heterocycles. The van der Waals surface area contributed by atoms with E-state index < -0.39 is 0 Å². The summed E-state index contributed by atoms with van der Waals surface area (Å²) >= 11 is 5.91. The Morgan fingerprint density at radius 2 is 2.00 bits per heavy atom. The minimum atomic E-state index is -0.155. The Bertz CT molecular complexity index is 527. The molecule has 1 aliphatic rings. The number of rotatable bonds is 3. The number of hydrogen-bond donors (Lipinski definition) is 2. The van der Waals surface area contributed by atoms with Crippen LogP contribution in [0.5, 0.6) is 0 Å². The van der Waals surface area contributed by atoms with Crippen molar-refractivity contribution >= 4 is 29.1 Å². The number of nitrogens with zero attached hydrogens (tertiary/aromatic N) is 1. The van der Waals surface area contributed by atoms with Gasteiger partial charge in [-0.3, -0.25) is 9.59 Å². The van der Waals surface area contributed by atoms with E-state index in [1.54, 1.807) is 25.1 Å². The zero-order valence-electron chi connectivity index (χ0n) is 12.4. The highest BCUT2D eigenvalue weighted by Crippen LogP contribution is 2.14. The van der Waals surface area contributed by atoms with Crippen LogP contribution in [0.2, 0.25) is 5.02 Å². The van der Waals surface area contributed by atoms with Crippen LogP contribution in [0.4, 0.5) is 5.69 Å². The molecule has 1 aromatic carbocycles. The summed E-state index contributed by atoms with van der Waals surface area (Å²) < 4.78 is 0. The Labute approximate surface area is 129 Å². The molecule has 1 fully saturated rings. The highest BCUT2D eigenvalue weighted by Gasteiger charge is 2.29. The molecule has 0 unspecified atom stereocenters. The van der Waals surface area contributed by atoms with Gasteiger partial charge in [-0.25, -0.2) is 0 Å². The van der Waals surface area contributed by atoms with Crippen molar-refractivity contribution in [2.45, 2.75) is 19.9 Å². The lowest BCUT2D eigenvalue weighted by atomic mass is 10.2. The number of piperazine rings is 1. The van der Waals surface area contributed by atoms with Gasteiger partial charge in [0.15, 0.2) is 6.04 Å². The van der Waals surface area contributed by atoms with Crippen LogP contribution in [0.1, 0.15) is 13.8 Å². The second-order valence-corrected chi connectivity index (χ2v) is 5.82. The molecule has 1 saturated heterocycles. The van der Waals surface area contributed by atoms with Crippen molar-refractivity contribution in [1.29, 1.82) is 0 Å². The number of anilines is 1. The maximum Gasteiger partial charge on any atom is 0.282 e. The van der Waals surface area contributed by atoms with E-state index in [-0.39, 0.29) is 17.9 Å². The lowest BCUT2D eigenvalue weighted by Gasteiger charge is -2.34. The summed E-state index contributed by atoms with van der Waals surface area (Å²) in [7, 11) is 0. The van der Waals surface area contributed by atoms with Gasteiger partial charge in [0, 0.05) is 17.6 Å². The van der Waals surface area contributed by atoms with Crippen LogP contribution in [-0.4, -0.2) is 48.9 Å². The summed E-state index contributed by atoms with van der Waals surface area (Å²) in [4.78, 5) is 26.6. The first kappa shape index (κ1) is 15.8. The fourth-order valence-corrected chi connectivity index (χ4v) is 2.73. The van der Waals surface area contributed by atoms with Gasteiger partial charge in [0.25, 0.3) is 5.91 Å². The lowest BCUT2D eigenvalue weighted by Crippen LogP contribution is -3.19. The van der Waals surface area contributed by atoms with Crippen molar-refractivity contribution in [3.63, 3.8) is 0 Å². The Morgan fingerprint density at radius 3 is 2.57 bits per heavy atom. The summed E-state index contributed by atoms with van der Waals surface area (Å²) in [6.45, 7) is 6.51. The van der Waals surface area contributed by atoms with Crippen LogP contribution >= 0.6 is 11.6 Å². The summed E-state index contributed by atoms with van der Waals surface area (Å²) in [6, 6.07) is 6.97. The molecule has 0 bridgehead atoms. The molecule has 5 nitrogen and oxygen atoms in total. The summed E-state index contributed by atoms with van der Waals surface area (Å²) in [5, 5.41) is 3.49. The first-order valence-electron chi connectivity index (χ1n) is 7.14. The quantitative estimate of drug-likeness (QED) is 0.850. The fourth-order valence-electron chi connectivity index (χ4n) is 2.54. The zero-order chi connectivity index (χ0) is 15.4. The molecule has 0 aliphatic carbocycles. The SMILES string of the molecule is CC(=O)N1CC[NH+]([C@@H](C)C(=O)Nc2cccc(Cl)c2)CC1. The Balaban J connectivity index is 1.90. The molecule has 114 valence electrons. The van der Waals surface area contributed by atoms with Crippen LogP contribution in [-0.2, 0) is 9.59 Å². The van der Waals surface area contributed by atoms with Crippen LogP contribution in [0, 0.1) is 0 Å². The topological polar surface area (TPSA) is 53.9 Å². The van der Waals surface area contributed by atoms with Crippen molar-refractivity contribution < 1.29 is 14.5 Å². The maximum absolute atomic E-state index is 12.3. The molecule has 2 N–H and O–H groups in total. The Kier molecular flexibility index (Phi) is 5.20. The standard InChI is InChI=1S/C15H20ClN3O2/c1-11(18-6-8-19(9-7-18)12(2)20)15(21)17-14-5-3-4-13(16)10-14/h3-5,10-11H,6-9H2,1-2H3,(H,17,21)/p+1/t11-/m0/s1. The minimum Gasteiger partial charge on any atom is -0.332 e. The Hall–Kier alpha value is -1.59. The number of hydrogen-bond acceptors (Lipinski definition) is 2. The first-order chi connectivity index (χ1) is 9.97. The number of carbonyl (C=O) groups is 2. The molecular weight excluding hydrogens is 290 g/mol. The van der Waals surface area contributed by atoms with Gasteiger partial charge in [0.05, 0.1) is 26.2 Å². The second kappa shape index (κ2) is 6.91. The number of halogens is 1. The molecule has 0 radical (unpaired) electrons. The molecule has 21 heavy (non-hydrogen) atoms. The number of amides is 2. The average molecular weight is 311 g/mol. The molecule has 1 atom stereocenters. The van der Waals surface area contributed by atoms with E-state index in [2.05, 4.69) is 5.32 Å². The predicted molar refractivity (Wildman–Crippen MR) is 82.5 cm³/mol. The first-order valence-corrected chi connectivity index (χ1v) is 7.51. The van der Waals surface area contributed by atoms with E-state index in [0.717, 1.165) is 13.1 Å². The number of nitrogens with one attached hydrogen (secondary N) is 2. The number of quaternary nitrogens is 1. The van der Waals surface area contributed by atoms with Crippen LogP contribution < -0.4 is 10.2 Å². The molecule has 1 aromatic rings. The third-order valence-corrected chi connectivity index (χ3v) is 4.18. The molecule has 6 heteroatoms. The molecule has 2 rings (SSSR count). The zero-order valence-corrected chi connectivity index (χ0v) is 13.1. The van der Waals surface area contributed by atoms with Crippen molar-refractivity contribution in [3.05, 3.63) is 29.3 Å². The van der Waals surface area contributed by atoms with Gasteiger partial charge in [0.1, 0.15) is 0 Å². The van der Waals surface area contributed by atoms with E-state index >= 15 is 0 Å². The summed E-state index contributed by atoms with van der Waals surface area (Å²) in [6.07, 6.45) is 0. The molecule has 1 heterocycles. The van der Waals surface area contributed by atoms with Gasteiger partial charge in [-0.2, -0.15) is 0 Å². The van der Waals surface area contributed by atoms with E-state index in [1.165, 1.54) is 4.90 Å². The van der Waals surface area contributed by atoms with Gasteiger partial charge < -0.3 is 15.1 Å². The van der Waals surface area contributed by atoms with E-state index in [1.807, 2.05) is 17.9 Å². The van der Waals surface area contributed by atoms with Gasteiger partial charge in [-0.15, -0.1) is 0 Å². The van der Waals surface area contributed by atoms with Crippen molar-refractivity contribution in [1.82, 2.24) is 4.90 Å². The van der Waals surface area contributed by atoms with Crippen LogP contribution in [0.15, 0.2) is 24.3 Å². The summed E-state index contributed by atoms with van der Waals surface area (Å²) in [5.41, 5.74) is 0.709. The van der Waals surface area contributed by atoms with E-state index in [4.69, 9.17) is 11.6 Å². The van der Waals surface area contributed by atoms with E-state index in [0.29, 0.717) is 23.8 Å².